The molecule has 0 aliphatic heterocycles. The number of halogens is 1. The predicted molar refractivity (Wildman–Crippen MR) is 137 cm³/mol. The summed E-state index contributed by atoms with van der Waals surface area (Å²) in [6, 6.07) is 0.394. The molecule has 0 bridgehead atoms. The molecule has 0 saturated heterocycles. The van der Waals surface area contributed by atoms with E-state index in [-0.39, 0.29) is 24.0 Å². The fraction of sp³-hybridized carbons (Fsp3) is 0.615. The summed E-state index contributed by atoms with van der Waals surface area (Å²) in [6.07, 6.45) is 14.1. The highest BCUT2D eigenvalue weighted by atomic mass is 35.5. The number of carboxylic acids is 2. The highest BCUT2D eigenvalue weighted by Crippen LogP contribution is 2.27. The van der Waals surface area contributed by atoms with Crippen LogP contribution in [-0.4, -0.2) is 59.4 Å². The van der Waals surface area contributed by atoms with E-state index in [9.17, 15) is 9.59 Å². The molecule has 2 aromatic rings. The van der Waals surface area contributed by atoms with E-state index in [0.29, 0.717) is 49.8 Å². The Labute approximate surface area is 222 Å². The number of carbonyl (C=O) groups is 2. The van der Waals surface area contributed by atoms with Crippen molar-refractivity contribution in [2.45, 2.75) is 90.3 Å². The van der Waals surface area contributed by atoms with Gasteiger partial charge in [0.1, 0.15) is 6.10 Å². The number of aryl methyl sites for hydroxylation is 2. The SMILES string of the molecule is CCc1cnc(Cl)nc1.CCc1cnc(OC2CCC(C(=O)O)CC2)nc1.O=C(O)C1CCC(O)CC1. The molecule has 0 atom stereocenters. The molecular weight excluding hydrogens is 500 g/mol. The number of nitrogens with zero attached hydrogens (tertiary/aromatic N) is 4. The minimum atomic E-state index is -0.716. The fourth-order valence-electron chi connectivity index (χ4n) is 4.01. The summed E-state index contributed by atoms with van der Waals surface area (Å²) in [4.78, 5) is 37.1. The van der Waals surface area contributed by atoms with Gasteiger partial charge >= 0.3 is 17.9 Å². The summed E-state index contributed by atoms with van der Waals surface area (Å²) in [5.74, 6) is -1.83. The van der Waals surface area contributed by atoms with Crippen LogP contribution in [-0.2, 0) is 22.4 Å². The van der Waals surface area contributed by atoms with Gasteiger partial charge in [0, 0.05) is 24.8 Å². The van der Waals surface area contributed by atoms with Crippen molar-refractivity contribution >= 4 is 23.5 Å². The molecule has 2 aliphatic carbocycles. The van der Waals surface area contributed by atoms with Crippen LogP contribution in [0.1, 0.15) is 76.3 Å². The molecule has 2 fully saturated rings. The zero-order valence-corrected chi connectivity index (χ0v) is 22.2. The zero-order valence-electron chi connectivity index (χ0n) is 21.4. The molecule has 3 N–H and O–H groups in total. The van der Waals surface area contributed by atoms with Crippen molar-refractivity contribution in [2.75, 3.05) is 0 Å². The number of hydrogen-bond acceptors (Lipinski definition) is 8. The Morgan fingerprint density at radius 3 is 1.59 bits per heavy atom. The van der Waals surface area contributed by atoms with Gasteiger partial charge in [-0.05, 0) is 86.9 Å². The van der Waals surface area contributed by atoms with E-state index >= 15 is 0 Å². The van der Waals surface area contributed by atoms with Gasteiger partial charge in [0.2, 0.25) is 5.28 Å². The molecule has 2 aliphatic rings. The molecule has 0 amide bonds. The van der Waals surface area contributed by atoms with E-state index in [1.807, 2.05) is 13.8 Å². The molecule has 2 heterocycles. The van der Waals surface area contributed by atoms with Gasteiger partial charge in [0.15, 0.2) is 0 Å². The first-order valence-electron chi connectivity index (χ1n) is 12.8. The molecule has 10 nitrogen and oxygen atoms in total. The zero-order chi connectivity index (χ0) is 27.2. The van der Waals surface area contributed by atoms with Crippen molar-refractivity contribution in [1.82, 2.24) is 19.9 Å². The number of aliphatic hydroxyl groups is 1. The second-order valence-electron chi connectivity index (χ2n) is 9.21. The summed E-state index contributed by atoms with van der Waals surface area (Å²) >= 11 is 5.45. The molecule has 11 heteroatoms. The van der Waals surface area contributed by atoms with Crippen molar-refractivity contribution in [1.29, 1.82) is 0 Å². The van der Waals surface area contributed by atoms with Gasteiger partial charge in [-0.2, -0.15) is 0 Å². The summed E-state index contributed by atoms with van der Waals surface area (Å²) < 4.78 is 5.67. The van der Waals surface area contributed by atoms with Crippen LogP contribution in [0, 0.1) is 11.8 Å². The quantitative estimate of drug-likeness (QED) is 0.453. The van der Waals surface area contributed by atoms with Crippen LogP contribution < -0.4 is 4.74 Å². The average molecular weight is 537 g/mol. The third kappa shape index (κ3) is 11.4. The fourth-order valence-corrected chi connectivity index (χ4v) is 4.11. The van der Waals surface area contributed by atoms with Crippen molar-refractivity contribution in [3.8, 4) is 6.01 Å². The summed E-state index contributed by atoms with van der Waals surface area (Å²) in [6.45, 7) is 4.10. The standard InChI is InChI=1S/C13H18N2O3.C7H12O3.C6H7ClN2/c1-2-9-7-14-13(15-8-9)18-11-5-3-10(4-6-11)12(16)17;8-6-3-1-5(2-4-6)7(9)10;1-2-5-3-8-6(7)9-4-5/h7-8,10-11H,2-6H2,1H3,(H,16,17);5-6,8H,1-4H2,(H,9,10);3-4H,2H2,1H3. The lowest BCUT2D eigenvalue weighted by Gasteiger charge is -2.25. The van der Waals surface area contributed by atoms with Crippen LogP contribution in [0.25, 0.3) is 0 Å². The van der Waals surface area contributed by atoms with E-state index in [1.165, 1.54) is 0 Å². The Hall–Kier alpha value is -2.85. The third-order valence-electron chi connectivity index (χ3n) is 6.51. The lowest BCUT2D eigenvalue weighted by Crippen LogP contribution is -2.28. The summed E-state index contributed by atoms with van der Waals surface area (Å²) in [7, 11) is 0. The van der Waals surface area contributed by atoms with Gasteiger partial charge in [0.25, 0.3) is 0 Å². The number of carboxylic acid groups (broad SMARTS) is 2. The number of aromatic nitrogens is 4. The Morgan fingerprint density at radius 1 is 0.784 bits per heavy atom. The van der Waals surface area contributed by atoms with E-state index in [0.717, 1.165) is 36.8 Å². The first-order valence-corrected chi connectivity index (χ1v) is 13.2. The molecule has 204 valence electrons. The maximum absolute atomic E-state index is 10.8. The van der Waals surface area contributed by atoms with Gasteiger partial charge in [-0.15, -0.1) is 0 Å². The molecule has 4 rings (SSSR count). The lowest BCUT2D eigenvalue weighted by molar-refractivity contribution is -0.144. The molecule has 0 radical (unpaired) electrons. The maximum atomic E-state index is 10.8. The average Bonchev–Trinajstić information content (AvgIpc) is 2.91. The van der Waals surface area contributed by atoms with E-state index < -0.39 is 11.9 Å². The molecule has 0 spiro atoms. The van der Waals surface area contributed by atoms with Crippen molar-refractivity contribution < 1.29 is 29.6 Å². The van der Waals surface area contributed by atoms with Crippen molar-refractivity contribution in [2.24, 2.45) is 11.8 Å². The highest BCUT2D eigenvalue weighted by molar-refractivity contribution is 6.28. The molecule has 2 aromatic heterocycles. The Balaban J connectivity index is 0.000000214. The van der Waals surface area contributed by atoms with Gasteiger partial charge < -0.3 is 20.1 Å². The number of aliphatic carboxylic acids is 2. The normalized spacial score (nSPS) is 22.9. The van der Waals surface area contributed by atoms with Crippen LogP contribution in [0.5, 0.6) is 6.01 Å². The van der Waals surface area contributed by atoms with Crippen molar-refractivity contribution in [3.05, 3.63) is 41.2 Å². The van der Waals surface area contributed by atoms with Gasteiger partial charge in [0.05, 0.1) is 17.9 Å². The van der Waals surface area contributed by atoms with Crippen LogP contribution in [0.2, 0.25) is 5.28 Å². The molecule has 0 aromatic carbocycles. The number of rotatable bonds is 6. The van der Waals surface area contributed by atoms with Crippen LogP contribution in [0.3, 0.4) is 0 Å². The smallest absolute Gasteiger partial charge is 0.316 e. The van der Waals surface area contributed by atoms with Crippen LogP contribution in [0.4, 0.5) is 0 Å². The van der Waals surface area contributed by atoms with Crippen LogP contribution in [0.15, 0.2) is 24.8 Å². The predicted octanol–water partition coefficient (Wildman–Crippen LogP) is 4.38. The number of aliphatic hydroxyl groups excluding tert-OH is 1. The molecule has 0 unspecified atom stereocenters. The first-order chi connectivity index (χ1) is 17.7. The number of ether oxygens (including phenoxy) is 1. The minimum absolute atomic E-state index is 0.0491. The van der Waals surface area contributed by atoms with Crippen molar-refractivity contribution in [3.63, 3.8) is 0 Å². The summed E-state index contributed by atoms with van der Waals surface area (Å²) in [5, 5.41) is 26.8. The topological polar surface area (TPSA) is 156 Å². The molecular formula is C26H37ClN4O6. The van der Waals surface area contributed by atoms with Crippen LogP contribution >= 0.6 is 11.6 Å². The second kappa shape index (κ2) is 16.1. The lowest BCUT2D eigenvalue weighted by atomic mass is 9.87. The maximum Gasteiger partial charge on any atom is 0.316 e. The Bertz CT molecular complexity index is 945. The Kier molecular flexibility index (Phi) is 13.2. The number of hydrogen-bond donors (Lipinski definition) is 3. The first kappa shape index (κ1) is 30.4. The van der Waals surface area contributed by atoms with E-state index in [1.54, 1.807) is 24.8 Å². The largest absolute Gasteiger partial charge is 0.481 e. The Morgan fingerprint density at radius 2 is 1.19 bits per heavy atom. The second-order valence-corrected chi connectivity index (χ2v) is 9.55. The van der Waals surface area contributed by atoms with Gasteiger partial charge in [-0.1, -0.05) is 13.8 Å². The van der Waals surface area contributed by atoms with E-state index in [4.69, 9.17) is 31.7 Å². The highest BCUT2D eigenvalue weighted by Gasteiger charge is 2.27. The summed E-state index contributed by atoms with van der Waals surface area (Å²) in [5.41, 5.74) is 2.19. The molecule has 37 heavy (non-hydrogen) atoms. The van der Waals surface area contributed by atoms with Gasteiger partial charge in [-0.25, -0.2) is 19.9 Å². The van der Waals surface area contributed by atoms with E-state index in [2.05, 4.69) is 19.9 Å². The monoisotopic (exact) mass is 536 g/mol. The molecule has 2 saturated carbocycles. The van der Waals surface area contributed by atoms with Gasteiger partial charge in [-0.3, -0.25) is 9.59 Å². The minimum Gasteiger partial charge on any atom is -0.481 e. The third-order valence-corrected chi connectivity index (χ3v) is 6.71.